The van der Waals surface area contributed by atoms with Gasteiger partial charge in [-0.3, -0.25) is 9.59 Å². The molecule has 0 spiro atoms. The summed E-state index contributed by atoms with van der Waals surface area (Å²) in [6, 6.07) is 28.5. The molecule has 0 amide bonds. The van der Waals surface area contributed by atoms with Gasteiger partial charge in [0.1, 0.15) is 24.6 Å². The van der Waals surface area contributed by atoms with Crippen molar-refractivity contribution in [2.75, 3.05) is 13.2 Å². The van der Waals surface area contributed by atoms with E-state index < -0.39 is 29.8 Å². The van der Waals surface area contributed by atoms with Crippen LogP contribution in [0.25, 0.3) is 0 Å². The summed E-state index contributed by atoms with van der Waals surface area (Å²) >= 11 is 0. The Kier molecular flexibility index (Phi) is 12.2. The number of rotatable bonds is 15. The number of ether oxygens (including phenoxy) is 4. The highest BCUT2D eigenvalue weighted by Crippen LogP contribution is 2.39. The van der Waals surface area contributed by atoms with Crippen molar-refractivity contribution in [1.29, 1.82) is 0 Å². The van der Waals surface area contributed by atoms with Crippen molar-refractivity contribution < 1.29 is 38.1 Å². The molecule has 10 nitrogen and oxygen atoms in total. The zero-order chi connectivity index (χ0) is 36.3. The predicted octanol–water partition coefficient (Wildman–Crippen LogP) is 7.07. The van der Waals surface area contributed by atoms with Crippen molar-refractivity contribution in [3.63, 3.8) is 0 Å². The number of hydrogen-bond acceptors (Lipinski definition) is 8. The first kappa shape index (κ1) is 36.4. The highest BCUT2D eigenvalue weighted by molar-refractivity contribution is 5.91. The Hall–Kier alpha value is -5.90. The van der Waals surface area contributed by atoms with Crippen LogP contribution < -0.4 is 0 Å². The summed E-state index contributed by atoms with van der Waals surface area (Å²) in [4.78, 5) is 57.5. The van der Waals surface area contributed by atoms with E-state index in [1.807, 2.05) is 105 Å². The minimum atomic E-state index is -0.548. The second-order valence-electron chi connectivity index (χ2n) is 12.2. The summed E-state index contributed by atoms with van der Waals surface area (Å²) in [6.07, 6.45) is 0.543. The van der Waals surface area contributed by atoms with E-state index in [9.17, 15) is 19.2 Å². The molecule has 0 saturated heterocycles. The van der Waals surface area contributed by atoms with Crippen molar-refractivity contribution in [2.24, 2.45) is 0 Å². The monoisotopic (exact) mass is 690 g/mol. The molecule has 0 aliphatic heterocycles. The Morgan fingerprint density at radius 1 is 0.549 bits per heavy atom. The average Bonchev–Trinajstić information content (AvgIpc) is 3.63. The lowest BCUT2D eigenvalue weighted by atomic mass is 9.87. The van der Waals surface area contributed by atoms with Crippen LogP contribution in [0.5, 0.6) is 0 Å². The molecule has 0 fully saturated rings. The minimum absolute atomic E-state index is 0.0711. The summed E-state index contributed by atoms with van der Waals surface area (Å²) in [5.41, 5.74) is 7.37. The first-order valence-corrected chi connectivity index (χ1v) is 16.8. The third kappa shape index (κ3) is 9.21. The van der Waals surface area contributed by atoms with E-state index in [4.69, 9.17) is 18.9 Å². The molecule has 0 saturated carbocycles. The minimum Gasteiger partial charge on any atom is -0.466 e. The van der Waals surface area contributed by atoms with E-state index in [1.54, 1.807) is 0 Å². The third-order valence-electron chi connectivity index (χ3n) is 8.70. The largest absolute Gasteiger partial charge is 0.466 e. The van der Waals surface area contributed by atoms with Crippen molar-refractivity contribution >= 4 is 23.9 Å². The van der Waals surface area contributed by atoms with Gasteiger partial charge in [-0.15, -0.1) is 0 Å². The van der Waals surface area contributed by atoms with Gasteiger partial charge < -0.3 is 28.9 Å². The van der Waals surface area contributed by atoms with Crippen LogP contribution in [0, 0.1) is 13.8 Å². The van der Waals surface area contributed by atoms with Gasteiger partial charge in [-0.2, -0.15) is 0 Å². The molecule has 0 unspecified atom stereocenters. The van der Waals surface area contributed by atoms with Crippen LogP contribution in [-0.2, 0) is 54.6 Å². The maximum atomic E-state index is 13.7. The standard InChI is InChI=1S/C41H42N2O8/c1-26-33(20-22-48-28(3)44)38(40(46)50-24-30-14-8-5-9-15-30)42-36(26)35(32-18-12-7-13-19-32)37-27(2)34(21-23-49-29(4)45)39(43-37)41(47)51-25-31-16-10-6-11-17-31/h5-19,35,42-43H,20-25H2,1-4H3. The smallest absolute Gasteiger partial charge is 0.355 e. The average molecular weight is 691 g/mol. The van der Waals surface area contributed by atoms with E-state index in [2.05, 4.69) is 9.97 Å². The van der Waals surface area contributed by atoms with Crippen LogP contribution >= 0.6 is 0 Å². The fourth-order valence-electron chi connectivity index (χ4n) is 6.17. The summed E-state index contributed by atoms with van der Waals surface area (Å²) in [6.45, 7) is 6.80. The number of aromatic amines is 2. The van der Waals surface area contributed by atoms with Crippen LogP contribution in [0.3, 0.4) is 0 Å². The molecule has 0 atom stereocenters. The highest BCUT2D eigenvalue weighted by Gasteiger charge is 2.32. The highest BCUT2D eigenvalue weighted by atomic mass is 16.5. The molecule has 0 radical (unpaired) electrons. The summed E-state index contributed by atoms with van der Waals surface area (Å²) < 4.78 is 22.1. The van der Waals surface area contributed by atoms with Gasteiger partial charge in [-0.1, -0.05) is 91.0 Å². The number of H-pyrrole nitrogens is 2. The predicted molar refractivity (Wildman–Crippen MR) is 190 cm³/mol. The van der Waals surface area contributed by atoms with Crippen LogP contribution in [0.4, 0.5) is 0 Å². The molecule has 51 heavy (non-hydrogen) atoms. The zero-order valence-corrected chi connectivity index (χ0v) is 29.2. The van der Waals surface area contributed by atoms with Crippen molar-refractivity contribution in [2.45, 2.75) is 59.7 Å². The van der Waals surface area contributed by atoms with Crippen molar-refractivity contribution in [1.82, 2.24) is 9.97 Å². The lowest BCUT2D eigenvalue weighted by Gasteiger charge is -2.19. The van der Waals surface area contributed by atoms with E-state index >= 15 is 0 Å². The van der Waals surface area contributed by atoms with Crippen LogP contribution in [-0.4, -0.2) is 47.1 Å². The lowest BCUT2D eigenvalue weighted by molar-refractivity contribution is -0.141. The van der Waals surface area contributed by atoms with Crippen LogP contribution in [0.1, 0.15) is 91.1 Å². The maximum absolute atomic E-state index is 13.7. The molecule has 2 N–H and O–H groups in total. The quantitative estimate of drug-likeness (QED) is 0.0880. The Balaban J connectivity index is 1.59. The van der Waals surface area contributed by atoms with Gasteiger partial charge >= 0.3 is 23.9 Å². The maximum Gasteiger partial charge on any atom is 0.355 e. The topological polar surface area (TPSA) is 137 Å². The van der Waals surface area contributed by atoms with Gasteiger partial charge in [0.15, 0.2) is 0 Å². The fourth-order valence-corrected chi connectivity index (χ4v) is 6.17. The molecule has 0 aliphatic carbocycles. The molecule has 5 rings (SSSR count). The van der Waals surface area contributed by atoms with Gasteiger partial charge in [0.2, 0.25) is 0 Å². The van der Waals surface area contributed by atoms with Gasteiger partial charge in [0, 0.05) is 38.1 Å². The molecule has 0 bridgehead atoms. The fraction of sp³-hybridized carbons (Fsp3) is 0.268. The van der Waals surface area contributed by atoms with Crippen LogP contribution in [0.2, 0.25) is 0 Å². The zero-order valence-electron chi connectivity index (χ0n) is 29.2. The van der Waals surface area contributed by atoms with E-state index in [0.29, 0.717) is 22.5 Å². The Labute approximate surface area is 297 Å². The lowest BCUT2D eigenvalue weighted by Crippen LogP contribution is -2.11. The number of carbonyl (C=O) groups is 4. The van der Waals surface area contributed by atoms with E-state index in [0.717, 1.165) is 27.8 Å². The molecular formula is C41H42N2O8. The Morgan fingerprint density at radius 2 is 0.922 bits per heavy atom. The molecule has 10 heteroatoms. The number of carbonyl (C=O) groups excluding carboxylic acids is 4. The number of esters is 4. The Morgan fingerprint density at radius 3 is 1.29 bits per heavy atom. The summed E-state index contributed by atoms with van der Waals surface area (Å²) in [5.74, 6) is -2.44. The molecule has 2 aromatic heterocycles. The first-order chi connectivity index (χ1) is 24.6. The number of nitrogens with one attached hydrogen (secondary N) is 2. The Bertz CT molecular complexity index is 1840. The number of hydrogen-bond donors (Lipinski definition) is 2. The van der Waals surface area contributed by atoms with E-state index in [-0.39, 0.29) is 50.7 Å². The number of benzene rings is 3. The van der Waals surface area contributed by atoms with Gasteiger partial charge in [-0.05, 0) is 52.8 Å². The molecule has 5 aromatic rings. The number of aromatic nitrogens is 2. The second-order valence-corrected chi connectivity index (χ2v) is 12.2. The molecular weight excluding hydrogens is 648 g/mol. The normalized spacial score (nSPS) is 10.9. The SMILES string of the molecule is CC(=O)OCCc1c(C(=O)OCc2ccccc2)[nH]c(C(c2ccccc2)c2[nH]c(C(=O)OCc3ccccc3)c(CCOC(C)=O)c2C)c1C. The molecule has 264 valence electrons. The van der Waals surface area contributed by atoms with Gasteiger partial charge in [-0.25, -0.2) is 9.59 Å². The first-order valence-electron chi connectivity index (χ1n) is 16.8. The van der Waals surface area contributed by atoms with Gasteiger partial charge in [0.05, 0.1) is 19.1 Å². The van der Waals surface area contributed by atoms with Crippen LogP contribution in [0.15, 0.2) is 91.0 Å². The molecule has 3 aromatic carbocycles. The van der Waals surface area contributed by atoms with Crippen molar-refractivity contribution in [3.8, 4) is 0 Å². The van der Waals surface area contributed by atoms with E-state index in [1.165, 1.54) is 13.8 Å². The van der Waals surface area contributed by atoms with Gasteiger partial charge in [0.25, 0.3) is 0 Å². The summed E-state index contributed by atoms with van der Waals surface area (Å²) in [5, 5.41) is 0. The third-order valence-corrected chi connectivity index (χ3v) is 8.70. The molecule has 0 aliphatic rings. The van der Waals surface area contributed by atoms with Crippen molar-refractivity contribution in [3.05, 3.63) is 153 Å². The second kappa shape index (κ2) is 17.2. The molecule has 2 heterocycles. The summed E-state index contributed by atoms with van der Waals surface area (Å²) in [7, 11) is 0.